The summed E-state index contributed by atoms with van der Waals surface area (Å²) in [4.78, 5) is 40.2. The van der Waals surface area contributed by atoms with Crippen molar-refractivity contribution < 1.29 is 32.1 Å². The number of amides is 2. The third kappa shape index (κ3) is 8.31. The lowest BCUT2D eigenvalue weighted by Crippen LogP contribution is -2.54. The van der Waals surface area contributed by atoms with Gasteiger partial charge in [0.1, 0.15) is 29.8 Å². The van der Waals surface area contributed by atoms with Crippen molar-refractivity contribution in [2.75, 3.05) is 24.2 Å². The first-order valence-electron chi connectivity index (χ1n) is 14.1. The van der Waals surface area contributed by atoms with E-state index in [2.05, 4.69) is 5.32 Å². The molecule has 0 saturated heterocycles. The van der Waals surface area contributed by atoms with Crippen LogP contribution in [0.2, 0.25) is 0 Å². The van der Waals surface area contributed by atoms with Crippen LogP contribution in [0.4, 0.5) is 15.8 Å². The number of nitro benzene ring substituents is 1. The predicted octanol–water partition coefficient (Wildman–Crippen LogP) is 4.21. The number of anilines is 1. The Bertz CT molecular complexity index is 1580. The molecular weight excluding hydrogens is 591 g/mol. The van der Waals surface area contributed by atoms with Crippen molar-refractivity contribution in [2.45, 2.75) is 50.7 Å². The van der Waals surface area contributed by atoms with Crippen LogP contribution in [0.25, 0.3) is 0 Å². The van der Waals surface area contributed by atoms with E-state index in [1.54, 1.807) is 0 Å². The van der Waals surface area contributed by atoms with Crippen LogP contribution in [0.15, 0.2) is 72.8 Å². The molecule has 3 aromatic carbocycles. The summed E-state index contributed by atoms with van der Waals surface area (Å²) in [5.74, 6) is -1.61. The number of carbonyl (C=O) groups excluding carboxylic acids is 2. The number of methoxy groups -OCH3 is 1. The summed E-state index contributed by atoms with van der Waals surface area (Å²) >= 11 is 0. The summed E-state index contributed by atoms with van der Waals surface area (Å²) in [6.45, 7) is -0.905. The van der Waals surface area contributed by atoms with Crippen molar-refractivity contribution in [3.8, 4) is 5.75 Å². The van der Waals surface area contributed by atoms with Crippen molar-refractivity contribution in [3.05, 3.63) is 99.9 Å². The van der Waals surface area contributed by atoms with Gasteiger partial charge in [-0.15, -0.1) is 0 Å². The molecule has 1 N–H and O–H groups in total. The average molecular weight is 627 g/mol. The minimum atomic E-state index is -4.19. The second kappa shape index (κ2) is 14.3. The summed E-state index contributed by atoms with van der Waals surface area (Å²) in [5.41, 5.74) is 0.693. The number of nitrogens with one attached hydrogen (secondary N) is 1. The van der Waals surface area contributed by atoms with Gasteiger partial charge in [0, 0.05) is 31.1 Å². The number of halogens is 1. The molecule has 3 aromatic rings. The fraction of sp³-hybridized carbons (Fsp3) is 0.355. The molecule has 0 aliphatic heterocycles. The normalized spacial score (nSPS) is 14.1. The average Bonchev–Trinajstić information content (AvgIpc) is 3.51. The lowest BCUT2D eigenvalue weighted by atomic mass is 10.0. The SMILES string of the molecule is COc1ccc([N+](=O)[O-])cc1N(CC(=O)N(Cc1ccc(F)cc1)[C@H](Cc1ccccc1)C(=O)NC1CCCC1)S(C)(=O)=O. The molecule has 1 saturated carbocycles. The first-order chi connectivity index (χ1) is 21.0. The number of nitrogens with zero attached hydrogens (tertiary/aromatic N) is 3. The summed E-state index contributed by atoms with van der Waals surface area (Å²) in [6.07, 6.45) is 4.57. The quantitative estimate of drug-likeness (QED) is 0.222. The van der Waals surface area contributed by atoms with E-state index in [-0.39, 0.29) is 30.4 Å². The van der Waals surface area contributed by atoms with Gasteiger partial charge in [0.2, 0.25) is 21.8 Å². The van der Waals surface area contributed by atoms with Gasteiger partial charge in [-0.2, -0.15) is 0 Å². The van der Waals surface area contributed by atoms with Crippen LogP contribution in [-0.2, 0) is 32.6 Å². The molecule has 2 amide bonds. The molecule has 234 valence electrons. The molecule has 1 aliphatic carbocycles. The molecular formula is C31H35FN4O7S. The molecule has 1 fully saturated rings. The van der Waals surface area contributed by atoms with E-state index in [9.17, 15) is 32.5 Å². The van der Waals surface area contributed by atoms with Crippen LogP contribution in [0.5, 0.6) is 5.75 Å². The van der Waals surface area contributed by atoms with E-state index in [0.717, 1.165) is 53.9 Å². The molecule has 4 rings (SSSR count). The fourth-order valence-electron chi connectivity index (χ4n) is 5.29. The number of nitro groups is 1. The highest BCUT2D eigenvalue weighted by Crippen LogP contribution is 2.34. The molecule has 13 heteroatoms. The Balaban J connectivity index is 1.77. The van der Waals surface area contributed by atoms with Gasteiger partial charge in [-0.25, -0.2) is 12.8 Å². The highest BCUT2D eigenvalue weighted by Gasteiger charge is 2.35. The highest BCUT2D eigenvalue weighted by atomic mass is 32.2. The van der Waals surface area contributed by atoms with Gasteiger partial charge in [-0.05, 0) is 42.2 Å². The standard InChI is InChI=1S/C31H35FN4O7S/c1-43-29-17-16-26(36(39)40)19-27(29)35(44(2,41)42)21-30(37)34(20-23-12-14-24(32)15-13-23)28(18-22-8-4-3-5-9-22)31(38)33-25-10-6-7-11-25/h3-5,8-9,12-17,19,25,28H,6-7,10-11,18,20-21H2,1-2H3,(H,33,38)/t28-/m1/s1. The van der Waals surface area contributed by atoms with Crippen molar-refractivity contribution in [2.24, 2.45) is 0 Å². The zero-order chi connectivity index (χ0) is 31.9. The number of ether oxygens (including phenoxy) is 1. The molecule has 0 aromatic heterocycles. The van der Waals surface area contributed by atoms with Crippen LogP contribution in [0, 0.1) is 15.9 Å². The molecule has 0 unspecified atom stereocenters. The van der Waals surface area contributed by atoms with Gasteiger partial charge in [0.05, 0.1) is 18.3 Å². The number of sulfonamides is 1. The Hall–Kier alpha value is -4.52. The van der Waals surface area contributed by atoms with Crippen molar-refractivity contribution in [3.63, 3.8) is 0 Å². The zero-order valence-corrected chi connectivity index (χ0v) is 25.3. The van der Waals surface area contributed by atoms with Gasteiger partial charge in [0.25, 0.3) is 5.69 Å². The van der Waals surface area contributed by atoms with Crippen LogP contribution in [0.3, 0.4) is 0 Å². The smallest absolute Gasteiger partial charge is 0.271 e. The summed E-state index contributed by atoms with van der Waals surface area (Å²) < 4.78 is 45.9. The molecule has 44 heavy (non-hydrogen) atoms. The number of hydrogen-bond donors (Lipinski definition) is 1. The summed E-state index contributed by atoms with van der Waals surface area (Å²) in [7, 11) is -2.92. The fourth-order valence-corrected chi connectivity index (χ4v) is 6.13. The number of carbonyl (C=O) groups is 2. The Morgan fingerprint density at radius 3 is 2.30 bits per heavy atom. The third-order valence-electron chi connectivity index (χ3n) is 7.56. The van der Waals surface area contributed by atoms with E-state index in [1.807, 2.05) is 30.3 Å². The molecule has 1 atom stereocenters. The maximum absolute atomic E-state index is 14.2. The lowest BCUT2D eigenvalue weighted by Gasteiger charge is -2.34. The van der Waals surface area contributed by atoms with Crippen LogP contribution < -0.4 is 14.4 Å². The molecule has 1 aliphatic rings. The Morgan fingerprint density at radius 1 is 1.05 bits per heavy atom. The Labute approximate surface area is 255 Å². The lowest BCUT2D eigenvalue weighted by molar-refractivity contribution is -0.384. The van der Waals surface area contributed by atoms with Crippen LogP contribution >= 0.6 is 0 Å². The van der Waals surface area contributed by atoms with E-state index in [1.165, 1.54) is 42.3 Å². The largest absolute Gasteiger partial charge is 0.495 e. The van der Waals surface area contributed by atoms with Crippen molar-refractivity contribution in [1.29, 1.82) is 0 Å². The van der Waals surface area contributed by atoms with Gasteiger partial charge in [-0.3, -0.25) is 24.0 Å². The maximum atomic E-state index is 14.2. The van der Waals surface area contributed by atoms with Gasteiger partial charge >= 0.3 is 0 Å². The maximum Gasteiger partial charge on any atom is 0.271 e. The number of rotatable bonds is 13. The molecule has 0 heterocycles. The molecule has 0 spiro atoms. The zero-order valence-electron chi connectivity index (χ0n) is 24.5. The van der Waals surface area contributed by atoms with Gasteiger partial charge < -0.3 is 15.0 Å². The summed E-state index contributed by atoms with van der Waals surface area (Å²) in [5, 5.41) is 14.6. The first kappa shape index (κ1) is 32.4. The molecule has 11 nitrogen and oxygen atoms in total. The van der Waals surface area contributed by atoms with Crippen LogP contribution in [0.1, 0.15) is 36.8 Å². The highest BCUT2D eigenvalue weighted by molar-refractivity contribution is 7.92. The molecule has 0 radical (unpaired) electrons. The predicted molar refractivity (Wildman–Crippen MR) is 163 cm³/mol. The second-order valence-corrected chi connectivity index (χ2v) is 12.6. The summed E-state index contributed by atoms with van der Waals surface area (Å²) in [6, 6.07) is 16.9. The topological polar surface area (TPSA) is 139 Å². The van der Waals surface area contributed by atoms with Crippen molar-refractivity contribution in [1.82, 2.24) is 10.2 Å². The van der Waals surface area contributed by atoms with Gasteiger partial charge in [0.15, 0.2) is 0 Å². The van der Waals surface area contributed by atoms with Gasteiger partial charge in [-0.1, -0.05) is 55.3 Å². The third-order valence-corrected chi connectivity index (χ3v) is 8.69. The Kier molecular flexibility index (Phi) is 10.5. The van der Waals surface area contributed by atoms with Crippen LogP contribution in [-0.4, -0.2) is 62.0 Å². The van der Waals surface area contributed by atoms with Crippen molar-refractivity contribution >= 4 is 33.2 Å². The minimum absolute atomic E-state index is 0.00118. The molecule has 0 bridgehead atoms. The number of benzene rings is 3. The number of hydrogen-bond acceptors (Lipinski definition) is 7. The first-order valence-corrected chi connectivity index (χ1v) is 16.0. The van der Waals surface area contributed by atoms with E-state index >= 15 is 0 Å². The monoisotopic (exact) mass is 626 g/mol. The van der Waals surface area contributed by atoms with E-state index in [0.29, 0.717) is 5.56 Å². The second-order valence-electron chi connectivity index (χ2n) is 10.7. The van der Waals surface area contributed by atoms with E-state index in [4.69, 9.17) is 4.74 Å². The number of non-ortho nitro benzene ring substituents is 1. The Morgan fingerprint density at radius 2 is 1.70 bits per heavy atom. The van der Waals surface area contributed by atoms with E-state index < -0.39 is 50.9 Å². The minimum Gasteiger partial charge on any atom is -0.495 e.